The summed E-state index contributed by atoms with van der Waals surface area (Å²) in [5, 5.41) is 29.4. The number of hydrogen-bond acceptors (Lipinski definition) is 5. The minimum absolute atomic E-state index is 0. The van der Waals surface area contributed by atoms with Gasteiger partial charge in [-0.05, 0) is 0 Å². The zero-order valence-electron chi connectivity index (χ0n) is 17.7. The van der Waals surface area contributed by atoms with Crippen LogP contribution in [0.15, 0.2) is 36.4 Å². The third-order valence-electron chi connectivity index (χ3n) is 3.26. The average molecular weight is 512 g/mol. The molecule has 0 fully saturated rings. The molecule has 156 valence electrons. The molecule has 0 heterocycles. The van der Waals surface area contributed by atoms with E-state index in [2.05, 4.69) is 55.1 Å². The van der Waals surface area contributed by atoms with Crippen molar-refractivity contribution in [1.82, 2.24) is 0 Å². The summed E-state index contributed by atoms with van der Waals surface area (Å²) in [5.41, 5.74) is 8.86. The molecule has 0 saturated carbocycles. The zero-order chi connectivity index (χ0) is 21.8. The molecule has 2 rings (SSSR count). The predicted octanol–water partition coefficient (Wildman–Crippen LogP) is 1.82. The second kappa shape index (κ2) is 21.4. The molecule has 28 heavy (non-hydrogen) atoms. The van der Waals surface area contributed by atoms with Gasteiger partial charge in [0, 0.05) is 0 Å². The minimum Gasteiger partial charge on any atom is -0.855 e. The molecule has 0 aromatic heterocycles. The maximum absolute atomic E-state index is 8.93. The van der Waals surface area contributed by atoms with Crippen LogP contribution in [0.1, 0.15) is 44.9 Å². The van der Waals surface area contributed by atoms with Crippen molar-refractivity contribution in [3.63, 3.8) is 0 Å². The van der Waals surface area contributed by atoms with Crippen molar-refractivity contribution in [3.05, 3.63) is 47.5 Å². The first-order valence-corrected chi connectivity index (χ1v) is 12.9. The molecule has 0 bridgehead atoms. The first-order chi connectivity index (χ1) is 13.5. The molecule has 6 heteroatoms. The molecule has 0 aliphatic rings. The van der Waals surface area contributed by atoms with Crippen LogP contribution < -0.4 is 21.1 Å². The quantitative estimate of drug-likeness (QED) is 0.471. The molecule has 1 atom stereocenters. The first-order valence-electron chi connectivity index (χ1n) is 9.70. The Morgan fingerprint density at radius 3 is 1.82 bits per heavy atom. The third-order valence-corrected chi connectivity index (χ3v) is 5.99. The standard InChI is InChI=1S/C16H20NS.3C2H5O.Sn/c1-3-18-9-8-15-10-13-6-4-5-7-14(13)11-16(15)12(2)17;3*1-2-3;/h4-7,10-12H,1,3,8-9,17H2,2H3;3*2H2,1H3;/q;3*-1;+3. The summed E-state index contributed by atoms with van der Waals surface area (Å²) in [6, 6.07) is 13.3. The van der Waals surface area contributed by atoms with Gasteiger partial charge in [0.1, 0.15) is 0 Å². The van der Waals surface area contributed by atoms with Gasteiger partial charge in [0.05, 0.1) is 0 Å². The van der Waals surface area contributed by atoms with Crippen LogP contribution in [0.5, 0.6) is 0 Å². The zero-order valence-corrected chi connectivity index (χ0v) is 21.4. The van der Waals surface area contributed by atoms with Gasteiger partial charge < -0.3 is 15.3 Å². The van der Waals surface area contributed by atoms with E-state index in [1.807, 2.05) is 0 Å². The molecule has 0 amide bonds. The minimum atomic E-state index is 0. The van der Waals surface area contributed by atoms with Crippen LogP contribution in [0.25, 0.3) is 10.8 Å². The monoisotopic (exact) mass is 513 g/mol. The fraction of sp³-hybridized carbons (Fsp3) is 0.545. The number of fused-ring (bicyclic) bond motifs is 1. The van der Waals surface area contributed by atoms with Crippen molar-refractivity contribution in [2.45, 2.75) is 44.6 Å². The van der Waals surface area contributed by atoms with E-state index in [9.17, 15) is 0 Å². The van der Waals surface area contributed by atoms with Gasteiger partial charge in [0.25, 0.3) is 0 Å². The molecule has 2 aromatic rings. The fourth-order valence-electron chi connectivity index (χ4n) is 2.30. The Morgan fingerprint density at radius 1 is 0.929 bits per heavy atom. The van der Waals surface area contributed by atoms with E-state index in [0.29, 0.717) is 0 Å². The van der Waals surface area contributed by atoms with Crippen molar-refractivity contribution in [1.29, 1.82) is 0 Å². The Kier molecular flexibility index (Phi) is 22.8. The number of thioether (sulfide) groups is 1. The Bertz CT molecular complexity index is 592. The average Bonchev–Trinajstić information content (AvgIpc) is 2.66. The molecule has 0 saturated heterocycles. The summed E-state index contributed by atoms with van der Waals surface area (Å²) in [7, 11) is 0. The number of benzene rings is 2. The van der Waals surface area contributed by atoms with Crippen molar-refractivity contribution in [3.8, 4) is 0 Å². The van der Waals surface area contributed by atoms with E-state index in [-0.39, 0.29) is 25.9 Å². The Morgan fingerprint density at radius 2 is 1.39 bits per heavy atom. The molecule has 0 aliphatic carbocycles. The van der Waals surface area contributed by atoms with E-state index < -0.39 is 0 Å². The van der Waals surface area contributed by atoms with E-state index in [1.54, 1.807) is 43.3 Å². The van der Waals surface area contributed by atoms with Gasteiger partial charge in [-0.15, -0.1) is 19.8 Å². The first kappa shape index (κ1) is 29.9. The number of rotatable bonds is 6. The summed E-state index contributed by atoms with van der Waals surface area (Å²) >= 11 is 3.70. The van der Waals surface area contributed by atoms with Crippen molar-refractivity contribution in [2.75, 3.05) is 31.3 Å². The molecule has 4 nitrogen and oxygen atoms in total. The molecule has 2 aromatic carbocycles. The maximum Gasteiger partial charge on any atom is -0.0809 e. The smallest absolute Gasteiger partial charge is 0.0809 e. The van der Waals surface area contributed by atoms with Crippen LogP contribution in [0, 0.1) is 0 Å². The van der Waals surface area contributed by atoms with E-state index in [0.717, 1.165) is 6.42 Å². The van der Waals surface area contributed by atoms with Crippen LogP contribution >= 0.6 is 11.8 Å². The molecule has 0 spiro atoms. The Balaban J connectivity index is 0. The Labute approximate surface area is 189 Å². The van der Waals surface area contributed by atoms with Gasteiger partial charge in [0.15, 0.2) is 0 Å². The molecule has 1 unspecified atom stereocenters. The topological polar surface area (TPSA) is 95.2 Å². The van der Waals surface area contributed by atoms with E-state index in [1.165, 1.54) is 37.8 Å². The van der Waals surface area contributed by atoms with Gasteiger partial charge >= 0.3 is 134 Å². The molecule has 0 aliphatic heterocycles. The Hall–Kier alpha value is -0.311. The molecule has 0 radical (unpaired) electrons. The summed E-state index contributed by atoms with van der Waals surface area (Å²) in [6.07, 6.45) is 1.13. The normalized spacial score (nSPS) is 10.6. The van der Waals surface area contributed by atoms with Crippen LogP contribution in [-0.2, 0) is 6.42 Å². The third kappa shape index (κ3) is 14.7. The van der Waals surface area contributed by atoms with Gasteiger partial charge in [-0.1, -0.05) is 20.8 Å². The van der Waals surface area contributed by atoms with Crippen LogP contribution in [0.4, 0.5) is 0 Å². The fourth-order valence-corrected chi connectivity index (χ4v) is 4.25. The number of hydrogen-bond donors (Lipinski definition) is 1. The van der Waals surface area contributed by atoms with Gasteiger partial charge in [-0.2, -0.15) is 0 Å². The van der Waals surface area contributed by atoms with Crippen LogP contribution in [0.3, 0.4) is 0 Å². The van der Waals surface area contributed by atoms with Crippen LogP contribution in [0.2, 0.25) is 4.44 Å². The van der Waals surface area contributed by atoms with Crippen molar-refractivity contribution >= 4 is 45.1 Å². The maximum atomic E-state index is 8.93. The number of aryl methyl sites for hydroxylation is 1. The SMILES string of the molecule is CC(N)c1cc2ccccc2cc1CCSC[CH2][Sn+3].CC[O-].CC[O-].CC[O-]. The molecule has 2 N–H and O–H groups in total. The second-order valence-electron chi connectivity index (χ2n) is 5.67. The van der Waals surface area contributed by atoms with E-state index >= 15 is 0 Å². The van der Waals surface area contributed by atoms with Crippen LogP contribution in [-0.4, -0.2) is 53.9 Å². The summed E-state index contributed by atoms with van der Waals surface area (Å²) in [4.78, 5) is 0. The van der Waals surface area contributed by atoms with Gasteiger partial charge in [-0.3, -0.25) is 0 Å². The summed E-state index contributed by atoms with van der Waals surface area (Å²) < 4.78 is 1.34. The molecular weight excluding hydrogens is 477 g/mol. The number of nitrogens with two attached hydrogens (primary N) is 1. The van der Waals surface area contributed by atoms with Gasteiger partial charge in [0.2, 0.25) is 0 Å². The second-order valence-corrected chi connectivity index (χ2v) is 8.32. The predicted molar refractivity (Wildman–Crippen MR) is 120 cm³/mol. The van der Waals surface area contributed by atoms with Gasteiger partial charge in [-0.25, -0.2) is 0 Å². The summed E-state index contributed by atoms with van der Waals surface area (Å²) in [5.74, 6) is 2.49. The molecular formula is C22H35NO3SSn. The van der Waals surface area contributed by atoms with Crippen molar-refractivity contribution in [2.24, 2.45) is 5.73 Å². The van der Waals surface area contributed by atoms with E-state index in [4.69, 9.17) is 21.1 Å². The summed E-state index contributed by atoms with van der Waals surface area (Å²) in [6.45, 7) is 6.79. The van der Waals surface area contributed by atoms with Crippen molar-refractivity contribution < 1.29 is 15.3 Å². The largest absolute Gasteiger partial charge is 0.855 e.